The first-order valence-electron chi connectivity index (χ1n) is 6.07. The van der Waals surface area contributed by atoms with E-state index in [1.165, 1.54) is 24.5 Å². The first-order valence-corrected chi connectivity index (χ1v) is 6.95. The molecule has 4 nitrogen and oxygen atoms in total. The van der Waals surface area contributed by atoms with Gasteiger partial charge in [-0.2, -0.15) is 8.78 Å². The van der Waals surface area contributed by atoms with Gasteiger partial charge in [0.15, 0.2) is 16.6 Å². The highest BCUT2D eigenvalue weighted by atomic mass is 32.1. The molecular formula is C14H14F2N2O2S. The molecule has 1 N–H and O–H groups in total. The molecule has 0 aliphatic carbocycles. The lowest BCUT2D eigenvalue weighted by atomic mass is 10.1. The summed E-state index contributed by atoms with van der Waals surface area (Å²) in [5, 5.41) is 5.71. The van der Waals surface area contributed by atoms with Crippen molar-refractivity contribution >= 4 is 16.5 Å². The number of benzene rings is 1. The molecule has 7 heteroatoms. The number of thiazole rings is 1. The summed E-state index contributed by atoms with van der Waals surface area (Å²) in [4.78, 5) is 4.40. The molecule has 0 atom stereocenters. The van der Waals surface area contributed by atoms with Crippen LogP contribution in [0.5, 0.6) is 11.5 Å². The van der Waals surface area contributed by atoms with Gasteiger partial charge in [-0.25, -0.2) is 4.98 Å². The highest BCUT2D eigenvalue weighted by Gasteiger charge is 2.13. The van der Waals surface area contributed by atoms with Crippen LogP contribution in [0.2, 0.25) is 0 Å². The summed E-state index contributed by atoms with van der Waals surface area (Å²) in [6, 6.07) is 4.72. The fourth-order valence-electron chi connectivity index (χ4n) is 1.67. The molecule has 2 rings (SSSR count). The molecular weight excluding hydrogens is 298 g/mol. The van der Waals surface area contributed by atoms with E-state index in [0.717, 1.165) is 16.4 Å². The number of methoxy groups -OCH3 is 1. The Kier molecular flexibility index (Phi) is 5.10. The number of halogens is 2. The minimum Gasteiger partial charge on any atom is -0.493 e. The van der Waals surface area contributed by atoms with Crippen molar-refractivity contribution in [2.45, 2.75) is 6.61 Å². The monoisotopic (exact) mass is 312 g/mol. The van der Waals surface area contributed by atoms with Gasteiger partial charge in [0, 0.05) is 17.5 Å². The third-order valence-electron chi connectivity index (χ3n) is 2.58. The molecule has 0 spiro atoms. The van der Waals surface area contributed by atoms with Crippen LogP contribution in [0.4, 0.5) is 13.9 Å². The maximum Gasteiger partial charge on any atom is 0.387 e. The maximum absolute atomic E-state index is 12.3. The summed E-state index contributed by atoms with van der Waals surface area (Å²) in [5.41, 5.74) is 1.49. The van der Waals surface area contributed by atoms with Crippen LogP contribution in [0.3, 0.4) is 0 Å². The van der Waals surface area contributed by atoms with Crippen LogP contribution in [-0.2, 0) is 0 Å². The van der Waals surface area contributed by atoms with Gasteiger partial charge in [0.25, 0.3) is 0 Å². The summed E-state index contributed by atoms with van der Waals surface area (Å²) in [7, 11) is 1.40. The lowest BCUT2D eigenvalue weighted by molar-refractivity contribution is -0.0512. The van der Waals surface area contributed by atoms with E-state index in [4.69, 9.17) is 4.74 Å². The summed E-state index contributed by atoms with van der Waals surface area (Å²) in [5.74, 6) is 0.234. The molecule has 0 aliphatic rings. The number of alkyl halides is 2. The molecule has 0 amide bonds. The van der Waals surface area contributed by atoms with Crippen molar-refractivity contribution < 1.29 is 18.3 Å². The van der Waals surface area contributed by atoms with Gasteiger partial charge in [0.1, 0.15) is 0 Å². The van der Waals surface area contributed by atoms with Gasteiger partial charge in [0.2, 0.25) is 0 Å². The molecule has 0 aliphatic heterocycles. The first-order chi connectivity index (χ1) is 10.1. The van der Waals surface area contributed by atoms with Crippen LogP contribution >= 0.6 is 11.3 Å². The zero-order valence-electron chi connectivity index (χ0n) is 11.3. The fraction of sp³-hybridized carbons (Fsp3) is 0.214. The Balaban J connectivity index is 2.23. The Bertz CT molecular complexity index is 617. The van der Waals surface area contributed by atoms with Gasteiger partial charge >= 0.3 is 6.61 Å². The number of nitrogens with one attached hydrogen (secondary N) is 1. The number of ether oxygens (including phenoxy) is 2. The predicted molar refractivity (Wildman–Crippen MR) is 79.4 cm³/mol. The van der Waals surface area contributed by atoms with E-state index < -0.39 is 6.61 Å². The molecule has 1 aromatic carbocycles. The smallest absolute Gasteiger partial charge is 0.387 e. The molecule has 0 saturated heterocycles. The number of rotatable bonds is 7. The SMILES string of the molecule is C=CCNc1nc(-c2ccc(OC(F)F)c(OC)c2)cs1. The summed E-state index contributed by atoms with van der Waals surface area (Å²) < 4.78 is 34.0. The van der Waals surface area contributed by atoms with Crippen molar-refractivity contribution in [2.24, 2.45) is 0 Å². The minimum atomic E-state index is -2.89. The lowest BCUT2D eigenvalue weighted by Crippen LogP contribution is -2.03. The minimum absolute atomic E-state index is 0.00325. The van der Waals surface area contributed by atoms with E-state index in [1.54, 1.807) is 18.2 Å². The van der Waals surface area contributed by atoms with Gasteiger partial charge in [-0.15, -0.1) is 17.9 Å². The van der Waals surface area contributed by atoms with Crippen LogP contribution in [0, 0.1) is 0 Å². The third-order valence-corrected chi connectivity index (χ3v) is 3.38. The van der Waals surface area contributed by atoms with Crippen molar-refractivity contribution in [1.82, 2.24) is 4.98 Å². The van der Waals surface area contributed by atoms with Gasteiger partial charge in [0.05, 0.1) is 12.8 Å². The summed E-state index contributed by atoms with van der Waals surface area (Å²) >= 11 is 1.45. The van der Waals surface area contributed by atoms with E-state index in [2.05, 4.69) is 21.6 Å². The molecule has 1 aromatic heterocycles. The van der Waals surface area contributed by atoms with Crippen molar-refractivity contribution in [2.75, 3.05) is 19.0 Å². The average Bonchev–Trinajstić information content (AvgIpc) is 2.93. The molecule has 0 radical (unpaired) electrons. The standard InChI is InChI=1S/C14H14F2N2O2S/c1-3-6-17-14-18-10(8-21-14)9-4-5-11(20-13(15)16)12(7-9)19-2/h3-5,7-8,13H,1,6H2,2H3,(H,17,18). The molecule has 112 valence electrons. The fourth-order valence-corrected chi connectivity index (χ4v) is 2.40. The molecule has 0 unspecified atom stereocenters. The Labute approximate surface area is 125 Å². The van der Waals surface area contributed by atoms with Crippen LogP contribution in [0.15, 0.2) is 36.2 Å². The van der Waals surface area contributed by atoms with Crippen molar-refractivity contribution in [3.63, 3.8) is 0 Å². The maximum atomic E-state index is 12.3. The molecule has 0 fully saturated rings. The quantitative estimate of drug-likeness (QED) is 0.784. The Morgan fingerprint density at radius 3 is 2.90 bits per heavy atom. The van der Waals surface area contributed by atoms with Crippen molar-refractivity contribution in [3.05, 3.63) is 36.2 Å². The zero-order chi connectivity index (χ0) is 15.2. The largest absolute Gasteiger partial charge is 0.493 e. The van der Waals surface area contributed by atoms with E-state index in [1.807, 2.05) is 5.38 Å². The third kappa shape index (κ3) is 3.91. The molecule has 21 heavy (non-hydrogen) atoms. The van der Waals surface area contributed by atoms with Gasteiger partial charge in [-0.3, -0.25) is 0 Å². The van der Waals surface area contributed by atoms with Gasteiger partial charge in [-0.1, -0.05) is 6.08 Å². The lowest BCUT2D eigenvalue weighted by Gasteiger charge is -2.10. The number of nitrogens with zero attached hydrogens (tertiary/aromatic N) is 1. The average molecular weight is 312 g/mol. The normalized spacial score (nSPS) is 10.5. The number of hydrogen-bond acceptors (Lipinski definition) is 5. The first kappa shape index (κ1) is 15.2. The topological polar surface area (TPSA) is 43.4 Å². The molecule has 2 aromatic rings. The second-order valence-corrected chi connectivity index (χ2v) is 4.81. The van der Waals surface area contributed by atoms with E-state index >= 15 is 0 Å². The number of hydrogen-bond donors (Lipinski definition) is 1. The van der Waals surface area contributed by atoms with Gasteiger partial charge < -0.3 is 14.8 Å². The predicted octanol–water partition coefficient (Wildman–Crippen LogP) is 4.02. The van der Waals surface area contributed by atoms with Gasteiger partial charge in [-0.05, 0) is 18.2 Å². The summed E-state index contributed by atoms with van der Waals surface area (Å²) in [6.45, 7) is 1.35. The molecule has 0 saturated carbocycles. The van der Waals surface area contributed by atoms with Crippen molar-refractivity contribution in [3.8, 4) is 22.8 Å². The number of aromatic nitrogens is 1. The van der Waals surface area contributed by atoms with Crippen LogP contribution in [0.1, 0.15) is 0 Å². The highest BCUT2D eigenvalue weighted by molar-refractivity contribution is 7.14. The zero-order valence-corrected chi connectivity index (χ0v) is 12.1. The van der Waals surface area contributed by atoms with E-state index in [-0.39, 0.29) is 11.5 Å². The van der Waals surface area contributed by atoms with Crippen molar-refractivity contribution in [1.29, 1.82) is 0 Å². The van der Waals surface area contributed by atoms with Crippen LogP contribution in [-0.4, -0.2) is 25.3 Å². The molecule has 1 heterocycles. The summed E-state index contributed by atoms with van der Waals surface area (Å²) in [6.07, 6.45) is 1.74. The van der Waals surface area contributed by atoms with E-state index in [0.29, 0.717) is 6.54 Å². The second-order valence-electron chi connectivity index (χ2n) is 3.95. The highest BCUT2D eigenvalue weighted by Crippen LogP contribution is 2.34. The van der Waals surface area contributed by atoms with Crippen LogP contribution < -0.4 is 14.8 Å². The van der Waals surface area contributed by atoms with Crippen LogP contribution in [0.25, 0.3) is 11.3 Å². The van der Waals surface area contributed by atoms with E-state index in [9.17, 15) is 8.78 Å². The number of anilines is 1. The Morgan fingerprint density at radius 2 is 2.24 bits per heavy atom. The Morgan fingerprint density at radius 1 is 1.43 bits per heavy atom. The second kappa shape index (κ2) is 7.03. The molecule has 0 bridgehead atoms. The Hall–Kier alpha value is -2.15.